The molecule has 1 fully saturated rings. The molecule has 0 saturated heterocycles. The van der Waals surface area contributed by atoms with Crippen molar-refractivity contribution in [2.24, 2.45) is 5.92 Å². The molecule has 20 heavy (non-hydrogen) atoms. The fourth-order valence-corrected chi connectivity index (χ4v) is 2.56. The molecule has 1 N–H and O–H groups in total. The van der Waals surface area contributed by atoms with Gasteiger partial charge in [0.15, 0.2) is 11.5 Å². The molecule has 1 aliphatic carbocycles. The van der Waals surface area contributed by atoms with Gasteiger partial charge < -0.3 is 19.5 Å². The van der Waals surface area contributed by atoms with Crippen LogP contribution in [0.15, 0.2) is 12.1 Å². The quantitative estimate of drug-likeness (QED) is 0.743. The molecule has 2 rings (SSSR count). The Morgan fingerprint density at radius 2 is 1.70 bits per heavy atom. The molecule has 1 aromatic carbocycles. The van der Waals surface area contributed by atoms with E-state index in [1.807, 2.05) is 12.1 Å². The summed E-state index contributed by atoms with van der Waals surface area (Å²) in [6, 6.07) is 4.00. The number of rotatable bonds is 8. The van der Waals surface area contributed by atoms with Gasteiger partial charge in [0.1, 0.15) is 0 Å². The molecule has 1 aliphatic rings. The van der Waals surface area contributed by atoms with Crippen molar-refractivity contribution in [3.8, 4) is 17.2 Å². The van der Waals surface area contributed by atoms with E-state index in [4.69, 9.17) is 14.2 Å². The maximum Gasteiger partial charge on any atom is 0.203 e. The highest BCUT2D eigenvalue weighted by Crippen LogP contribution is 2.38. The lowest BCUT2D eigenvalue weighted by Gasteiger charge is -2.25. The Morgan fingerprint density at radius 3 is 2.15 bits per heavy atom. The minimum absolute atomic E-state index is 0.646. The SMILES string of the molecule is COc1cc(CNCCC2CCC2)cc(OC)c1OC. The lowest BCUT2D eigenvalue weighted by Crippen LogP contribution is -2.21. The lowest BCUT2D eigenvalue weighted by atomic mass is 9.83. The van der Waals surface area contributed by atoms with E-state index < -0.39 is 0 Å². The summed E-state index contributed by atoms with van der Waals surface area (Å²) in [5.74, 6) is 3.01. The van der Waals surface area contributed by atoms with Crippen LogP contribution in [-0.2, 0) is 6.54 Å². The molecule has 0 spiro atoms. The Kier molecular flexibility index (Phi) is 5.53. The van der Waals surface area contributed by atoms with Crippen LogP contribution in [0, 0.1) is 5.92 Å². The molecular formula is C16H25NO3. The summed E-state index contributed by atoms with van der Waals surface area (Å²) in [5.41, 5.74) is 1.15. The van der Waals surface area contributed by atoms with E-state index in [1.165, 1.54) is 25.7 Å². The zero-order valence-electron chi connectivity index (χ0n) is 12.7. The Hall–Kier alpha value is -1.42. The topological polar surface area (TPSA) is 39.7 Å². The molecule has 0 bridgehead atoms. The number of nitrogens with one attached hydrogen (secondary N) is 1. The average molecular weight is 279 g/mol. The van der Waals surface area contributed by atoms with Gasteiger partial charge in [0.25, 0.3) is 0 Å². The third kappa shape index (κ3) is 3.57. The van der Waals surface area contributed by atoms with Crippen LogP contribution in [0.2, 0.25) is 0 Å². The number of methoxy groups -OCH3 is 3. The van der Waals surface area contributed by atoms with Crippen LogP contribution in [0.3, 0.4) is 0 Å². The van der Waals surface area contributed by atoms with Crippen LogP contribution < -0.4 is 19.5 Å². The maximum absolute atomic E-state index is 5.36. The smallest absolute Gasteiger partial charge is 0.203 e. The average Bonchev–Trinajstić information content (AvgIpc) is 2.43. The zero-order valence-corrected chi connectivity index (χ0v) is 12.7. The van der Waals surface area contributed by atoms with Gasteiger partial charge in [-0.05, 0) is 36.6 Å². The molecule has 0 atom stereocenters. The third-order valence-electron chi connectivity index (χ3n) is 4.01. The van der Waals surface area contributed by atoms with E-state index in [2.05, 4.69) is 5.32 Å². The normalized spacial score (nSPS) is 14.8. The van der Waals surface area contributed by atoms with E-state index in [9.17, 15) is 0 Å². The number of benzene rings is 1. The first-order chi connectivity index (χ1) is 9.78. The first kappa shape index (κ1) is 15.0. The molecule has 0 radical (unpaired) electrons. The van der Waals surface area contributed by atoms with Gasteiger partial charge in [0, 0.05) is 6.54 Å². The molecule has 4 heteroatoms. The van der Waals surface area contributed by atoms with Crippen LogP contribution in [0.25, 0.3) is 0 Å². The fraction of sp³-hybridized carbons (Fsp3) is 0.625. The predicted octanol–water partition coefficient (Wildman–Crippen LogP) is 2.99. The van der Waals surface area contributed by atoms with Gasteiger partial charge >= 0.3 is 0 Å². The Balaban J connectivity index is 1.92. The second-order valence-corrected chi connectivity index (χ2v) is 5.30. The van der Waals surface area contributed by atoms with Crippen molar-refractivity contribution in [2.75, 3.05) is 27.9 Å². The second kappa shape index (κ2) is 7.39. The Bertz CT molecular complexity index is 405. The number of ether oxygens (including phenoxy) is 3. The van der Waals surface area contributed by atoms with Gasteiger partial charge in [-0.15, -0.1) is 0 Å². The zero-order chi connectivity index (χ0) is 14.4. The standard InChI is InChI=1S/C16H25NO3/c1-18-14-9-13(10-15(19-2)16(14)20-3)11-17-8-7-12-5-4-6-12/h9-10,12,17H,4-8,11H2,1-3H3. The molecular weight excluding hydrogens is 254 g/mol. The van der Waals surface area contributed by atoms with Gasteiger partial charge in [-0.3, -0.25) is 0 Å². The molecule has 112 valence electrons. The largest absolute Gasteiger partial charge is 0.493 e. The summed E-state index contributed by atoms with van der Waals surface area (Å²) >= 11 is 0. The minimum atomic E-state index is 0.646. The van der Waals surface area contributed by atoms with Crippen molar-refractivity contribution in [1.82, 2.24) is 5.32 Å². The number of hydrogen-bond acceptors (Lipinski definition) is 4. The first-order valence-corrected chi connectivity index (χ1v) is 7.28. The highest BCUT2D eigenvalue weighted by Gasteiger charge is 2.16. The molecule has 0 heterocycles. The molecule has 0 aliphatic heterocycles. The monoisotopic (exact) mass is 279 g/mol. The molecule has 0 amide bonds. The van der Waals surface area contributed by atoms with Crippen molar-refractivity contribution in [1.29, 1.82) is 0 Å². The van der Waals surface area contributed by atoms with Crippen molar-refractivity contribution in [2.45, 2.75) is 32.2 Å². The molecule has 0 aromatic heterocycles. The molecule has 1 saturated carbocycles. The summed E-state index contributed by atoms with van der Waals surface area (Å²) in [6.45, 7) is 1.89. The van der Waals surface area contributed by atoms with Crippen molar-refractivity contribution in [3.05, 3.63) is 17.7 Å². The van der Waals surface area contributed by atoms with Crippen LogP contribution in [0.1, 0.15) is 31.2 Å². The molecule has 0 unspecified atom stereocenters. The summed E-state index contributed by atoms with van der Waals surface area (Å²) in [6.07, 6.45) is 5.51. The third-order valence-corrected chi connectivity index (χ3v) is 4.01. The van der Waals surface area contributed by atoms with E-state index in [1.54, 1.807) is 21.3 Å². The minimum Gasteiger partial charge on any atom is -0.493 e. The lowest BCUT2D eigenvalue weighted by molar-refractivity contribution is 0.292. The number of hydrogen-bond donors (Lipinski definition) is 1. The maximum atomic E-state index is 5.36. The van der Waals surface area contributed by atoms with E-state index in [-0.39, 0.29) is 0 Å². The van der Waals surface area contributed by atoms with E-state index >= 15 is 0 Å². The van der Waals surface area contributed by atoms with Crippen molar-refractivity contribution >= 4 is 0 Å². The predicted molar refractivity (Wildman–Crippen MR) is 79.8 cm³/mol. The van der Waals surface area contributed by atoms with E-state index in [0.717, 1.165) is 24.6 Å². The molecule has 1 aromatic rings. The molecule has 4 nitrogen and oxygen atoms in total. The summed E-state index contributed by atoms with van der Waals surface area (Å²) in [4.78, 5) is 0. The highest BCUT2D eigenvalue weighted by molar-refractivity contribution is 5.53. The van der Waals surface area contributed by atoms with Gasteiger partial charge in [0.05, 0.1) is 21.3 Å². The van der Waals surface area contributed by atoms with E-state index in [0.29, 0.717) is 17.2 Å². The summed E-state index contributed by atoms with van der Waals surface area (Å²) < 4.78 is 16.0. The first-order valence-electron chi connectivity index (χ1n) is 7.28. The van der Waals surface area contributed by atoms with Crippen LogP contribution in [0.5, 0.6) is 17.2 Å². The van der Waals surface area contributed by atoms with Crippen molar-refractivity contribution < 1.29 is 14.2 Å². The second-order valence-electron chi connectivity index (χ2n) is 5.30. The Labute approximate surface area is 121 Å². The fourth-order valence-electron chi connectivity index (χ4n) is 2.56. The Morgan fingerprint density at radius 1 is 1.05 bits per heavy atom. The van der Waals surface area contributed by atoms with Crippen LogP contribution in [0.4, 0.5) is 0 Å². The van der Waals surface area contributed by atoms with Gasteiger partial charge in [-0.25, -0.2) is 0 Å². The van der Waals surface area contributed by atoms with Crippen LogP contribution in [-0.4, -0.2) is 27.9 Å². The van der Waals surface area contributed by atoms with Gasteiger partial charge in [-0.2, -0.15) is 0 Å². The highest BCUT2D eigenvalue weighted by atomic mass is 16.5. The van der Waals surface area contributed by atoms with Gasteiger partial charge in [-0.1, -0.05) is 19.3 Å². The van der Waals surface area contributed by atoms with Crippen LogP contribution >= 0.6 is 0 Å². The summed E-state index contributed by atoms with van der Waals surface area (Å²) in [5, 5.41) is 3.49. The van der Waals surface area contributed by atoms with Crippen molar-refractivity contribution in [3.63, 3.8) is 0 Å². The van der Waals surface area contributed by atoms with Gasteiger partial charge in [0.2, 0.25) is 5.75 Å². The summed E-state index contributed by atoms with van der Waals surface area (Å²) in [7, 11) is 4.91.